The molecule has 0 saturated carbocycles. The van der Waals surface area contributed by atoms with E-state index in [1.807, 2.05) is 0 Å². The summed E-state index contributed by atoms with van der Waals surface area (Å²) in [5, 5.41) is 10.5. The summed E-state index contributed by atoms with van der Waals surface area (Å²) in [7, 11) is -3.71. The zero-order chi connectivity index (χ0) is 15.3. The molecule has 0 bridgehead atoms. The Morgan fingerprint density at radius 1 is 1.05 bits per heavy atom. The molecule has 8 heteroatoms. The van der Waals surface area contributed by atoms with Crippen LogP contribution in [0, 0.1) is 10.1 Å². The lowest BCUT2D eigenvalue weighted by Crippen LogP contribution is -2.20. The highest BCUT2D eigenvalue weighted by atomic mass is 32.2. The van der Waals surface area contributed by atoms with Gasteiger partial charge >= 0.3 is 0 Å². The third-order valence-corrected chi connectivity index (χ3v) is 3.45. The molecule has 0 aliphatic rings. The van der Waals surface area contributed by atoms with Gasteiger partial charge in [-0.3, -0.25) is 14.8 Å². The first-order chi connectivity index (χ1) is 9.96. The number of nitro benzene ring substituents is 1. The van der Waals surface area contributed by atoms with E-state index in [1.54, 1.807) is 30.3 Å². The van der Waals surface area contributed by atoms with Crippen molar-refractivity contribution in [2.24, 2.45) is 0 Å². The molecular formula is C13H12N2O5S. The molecule has 0 fully saturated rings. The second kappa shape index (κ2) is 6.23. The molecule has 0 aromatic heterocycles. The van der Waals surface area contributed by atoms with Crippen molar-refractivity contribution < 1.29 is 18.1 Å². The van der Waals surface area contributed by atoms with E-state index in [-0.39, 0.29) is 11.4 Å². The summed E-state index contributed by atoms with van der Waals surface area (Å²) in [5.41, 5.74) is 0.121. The zero-order valence-corrected chi connectivity index (χ0v) is 11.6. The number of hydrogen-bond donors (Lipinski definition) is 1. The van der Waals surface area contributed by atoms with Crippen LogP contribution in [-0.4, -0.2) is 19.3 Å². The molecule has 2 aromatic rings. The number of ether oxygens (including phenoxy) is 1. The van der Waals surface area contributed by atoms with Crippen LogP contribution in [0.25, 0.3) is 0 Å². The average molecular weight is 308 g/mol. The Balaban J connectivity index is 1.99. The van der Waals surface area contributed by atoms with Crippen molar-refractivity contribution in [1.29, 1.82) is 0 Å². The summed E-state index contributed by atoms with van der Waals surface area (Å²) >= 11 is 0. The van der Waals surface area contributed by atoms with Gasteiger partial charge in [-0.2, -0.15) is 0 Å². The first kappa shape index (κ1) is 14.8. The molecule has 0 amide bonds. The van der Waals surface area contributed by atoms with Gasteiger partial charge in [0.15, 0.2) is 0 Å². The summed E-state index contributed by atoms with van der Waals surface area (Å²) in [5.74, 6) is -0.111. The summed E-state index contributed by atoms with van der Waals surface area (Å²) in [6.07, 6.45) is 0. The van der Waals surface area contributed by atoms with Gasteiger partial charge in [0.05, 0.1) is 4.92 Å². The molecule has 0 radical (unpaired) electrons. The van der Waals surface area contributed by atoms with Crippen molar-refractivity contribution >= 4 is 21.4 Å². The lowest BCUT2D eigenvalue weighted by atomic mass is 10.3. The molecule has 2 aromatic carbocycles. The lowest BCUT2D eigenvalue weighted by molar-refractivity contribution is -0.384. The number of nitrogens with one attached hydrogen (secondary N) is 1. The molecule has 0 heterocycles. The molecule has 110 valence electrons. The highest BCUT2D eigenvalue weighted by Gasteiger charge is 2.12. The standard InChI is InChI=1S/C13H12N2O5S/c16-15(17)12-8-6-11(7-9-12)14-21(18,19)10-20-13-4-2-1-3-5-13/h1-9,14H,10H2. The molecule has 0 spiro atoms. The second-order valence-electron chi connectivity index (χ2n) is 4.10. The first-order valence-electron chi connectivity index (χ1n) is 5.89. The summed E-state index contributed by atoms with van der Waals surface area (Å²) in [6, 6.07) is 13.6. The number of anilines is 1. The summed E-state index contributed by atoms with van der Waals surface area (Å²) < 4.78 is 31.1. The number of nitrogens with zero attached hydrogens (tertiary/aromatic N) is 1. The van der Waals surface area contributed by atoms with Gasteiger partial charge in [-0.15, -0.1) is 0 Å². The molecule has 0 atom stereocenters. The van der Waals surface area contributed by atoms with Crippen LogP contribution in [0.15, 0.2) is 54.6 Å². The van der Waals surface area contributed by atoms with Crippen LogP contribution in [-0.2, 0) is 10.0 Å². The Morgan fingerprint density at radius 2 is 1.67 bits per heavy atom. The molecule has 7 nitrogen and oxygen atoms in total. The van der Waals surface area contributed by atoms with Crippen LogP contribution in [0.3, 0.4) is 0 Å². The summed E-state index contributed by atoms with van der Waals surface area (Å²) in [6.45, 7) is 0. The molecular weight excluding hydrogens is 296 g/mol. The smallest absolute Gasteiger partial charge is 0.269 e. The van der Waals surface area contributed by atoms with Crippen molar-refractivity contribution in [3.8, 4) is 5.75 Å². The van der Waals surface area contributed by atoms with Crippen LogP contribution in [0.4, 0.5) is 11.4 Å². The Morgan fingerprint density at radius 3 is 2.24 bits per heavy atom. The maximum absolute atomic E-state index is 11.8. The minimum atomic E-state index is -3.71. The van der Waals surface area contributed by atoms with Gasteiger partial charge in [-0.1, -0.05) is 18.2 Å². The van der Waals surface area contributed by atoms with Crippen LogP contribution < -0.4 is 9.46 Å². The number of rotatable bonds is 6. The molecule has 1 N–H and O–H groups in total. The lowest BCUT2D eigenvalue weighted by Gasteiger charge is -2.09. The Bertz CT molecular complexity index is 714. The Hall–Kier alpha value is -2.61. The number of hydrogen-bond acceptors (Lipinski definition) is 5. The van der Waals surface area contributed by atoms with E-state index >= 15 is 0 Å². The predicted molar refractivity (Wildman–Crippen MR) is 77.6 cm³/mol. The minimum absolute atomic E-state index is 0.113. The monoisotopic (exact) mass is 308 g/mol. The van der Waals surface area contributed by atoms with Gasteiger partial charge < -0.3 is 4.74 Å². The topological polar surface area (TPSA) is 98.5 Å². The Kier molecular flexibility index (Phi) is 4.39. The van der Waals surface area contributed by atoms with Gasteiger partial charge in [0.25, 0.3) is 15.7 Å². The number of non-ortho nitro benzene ring substituents is 1. The number of nitro groups is 1. The van der Waals surface area contributed by atoms with E-state index in [0.717, 1.165) is 0 Å². The van der Waals surface area contributed by atoms with E-state index < -0.39 is 20.9 Å². The maximum Gasteiger partial charge on any atom is 0.269 e. The number of benzene rings is 2. The molecule has 0 unspecified atom stereocenters. The SMILES string of the molecule is O=[N+]([O-])c1ccc(NS(=O)(=O)COc2ccccc2)cc1. The molecule has 0 aliphatic carbocycles. The molecule has 0 saturated heterocycles. The van der Waals surface area contributed by atoms with Crippen molar-refractivity contribution in [3.05, 3.63) is 64.7 Å². The van der Waals surface area contributed by atoms with Gasteiger partial charge in [0, 0.05) is 17.8 Å². The van der Waals surface area contributed by atoms with E-state index in [0.29, 0.717) is 5.75 Å². The van der Waals surface area contributed by atoms with Gasteiger partial charge in [-0.05, 0) is 24.3 Å². The van der Waals surface area contributed by atoms with Crippen LogP contribution in [0.1, 0.15) is 0 Å². The van der Waals surface area contributed by atoms with E-state index in [2.05, 4.69) is 4.72 Å². The third kappa shape index (κ3) is 4.46. The van der Waals surface area contributed by atoms with E-state index in [1.165, 1.54) is 24.3 Å². The highest BCUT2D eigenvalue weighted by Crippen LogP contribution is 2.17. The molecule has 21 heavy (non-hydrogen) atoms. The predicted octanol–water partition coefficient (Wildman–Crippen LogP) is 2.37. The van der Waals surface area contributed by atoms with Crippen molar-refractivity contribution in [1.82, 2.24) is 0 Å². The maximum atomic E-state index is 11.8. The molecule has 0 aliphatic heterocycles. The summed E-state index contributed by atoms with van der Waals surface area (Å²) in [4.78, 5) is 9.94. The van der Waals surface area contributed by atoms with Crippen molar-refractivity contribution in [3.63, 3.8) is 0 Å². The van der Waals surface area contributed by atoms with E-state index in [9.17, 15) is 18.5 Å². The fourth-order valence-electron chi connectivity index (χ4n) is 1.52. The number of sulfonamides is 1. The van der Waals surface area contributed by atoms with Gasteiger partial charge in [0.1, 0.15) is 5.75 Å². The highest BCUT2D eigenvalue weighted by molar-refractivity contribution is 7.92. The minimum Gasteiger partial charge on any atom is -0.476 e. The van der Waals surface area contributed by atoms with Gasteiger partial charge in [-0.25, -0.2) is 8.42 Å². The third-order valence-electron chi connectivity index (χ3n) is 2.48. The van der Waals surface area contributed by atoms with Gasteiger partial charge in [0.2, 0.25) is 5.94 Å². The first-order valence-corrected chi connectivity index (χ1v) is 7.54. The normalized spacial score (nSPS) is 10.9. The van der Waals surface area contributed by atoms with Crippen LogP contribution >= 0.6 is 0 Å². The second-order valence-corrected chi connectivity index (χ2v) is 5.77. The van der Waals surface area contributed by atoms with Crippen molar-refractivity contribution in [2.75, 3.05) is 10.7 Å². The molecule has 2 rings (SSSR count). The fraction of sp³-hybridized carbons (Fsp3) is 0.0769. The van der Waals surface area contributed by atoms with Crippen LogP contribution in [0.2, 0.25) is 0 Å². The Labute approximate surface area is 121 Å². The van der Waals surface area contributed by atoms with Crippen LogP contribution in [0.5, 0.6) is 5.75 Å². The zero-order valence-electron chi connectivity index (χ0n) is 10.8. The van der Waals surface area contributed by atoms with E-state index in [4.69, 9.17) is 4.74 Å². The fourth-order valence-corrected chi connectivity index (χ4v) is 2.37. The largest absolute Gasteiger partial charge is 0.476 e. The number of para-hydroxylation sites is 1. The average Bonchev–Trinajstić information content (AvgIpc) is 2.46. The van der Waals surface area contributed by atoms with Crippen molar-refractivity contribution in [2.45, 2.75) is 0 Å². The quantitative estimate of drug-likeness (QED) is 0.652.